The third kappa shape index (κ3) is 6.35. The molecule has 0 N–H and O–H groups in total. The van der Waals surface area contributed by atoms with Crippen molar-refractivity contribution < 1.29 is 0 Å². The second-order valence-corrected chi connectivity index (χ2v) is 13.6. The molecule has 0 saturated carbocycles. The van der Waals surface area contributed by atoms with Gasteiger partial charge in [0.2, 0.25) is 0 Å². The molecule has 10 rings (SSSR count). The second-order valence-electron chi connectivity index (χ2n) is 13.6. The summed E-state index contributed by atoms with van der Waals surface area (Å²) in [6, 6.07) is 64.2. The van der Waals surface area contributed by atoms with Gasteiger partial charge >= 0.3 is 0 Å². The topological polar surface area (TPSA) is 77.3 Å². The van der Waals surface area contributed by atoms with E-state index in [0.29, 0.717) is 23.2 Å². The highest BCUT2D eigenvalue weighted by atomic mass is 15.0. The summed E-state index contributed by atoms with van der Waals surface area (Å²) in [4.78, 5) is 29.5. The molecule has 0 saturated heterocycles. The third-order valence-electron chi connectivity index (χ3n) is 10.0. The van der Waals surface area contributed by atoms with Gasteiger partial charge < -0.3 is 0 Å². The lowest BCUT2D eigenvalue weighted by Crippen LogP contribution is -2.00. The van der Waals surface area contributed by atoms with Gasteiger partial charge in [0.1, 0.15) is 5.69 Å². The van der Waals surface area contributed by atoms with Crippen molar-refractivity contribution >= 4 is 21.8 Å². The Kier molecular flexibility index (Phi) is 8.39. The Balaban J connectivity index is 0.990. The predicted molar refractivity (Wildman–Crippen MR) is 226 cm³/mol. The standard InChI is InChI=1S/C50H32N6/c1-4-12-35(13-5-1)42-32-45(36-14-6-2-7-15-36)53-47-41(42)29-27-38-28-30-43(52-46(38)47)37-23-19-33(20-24-37)34-21-25-40(26-22-34)49-54-48(39-16-8-3-9-17-39)55-50(56-49)44-18-10-11-31-51-44/h1-32H. The number of benzene rings is 6. The zero-order chi connectivity index (χ0) is 37.3. The summed E-state index contributed by atoms with van der Waals surface area (Å²) >= 11 is 0. The van der Waals surface area contributed by atoms with E-state index in [0.717, 1.165) is 77.7 Å². The van der Waals surface area contributed by atoms with Gasteiger partial charge in [0, 0.05) is 39.2 Å². The van der Waals surface area contributed by atoms with E-state index in [4.69, 9.17) is 24.9 Å². The molecule has 0 spiro atoms. The van der Waals surface area contributed by atoms with Crippen LogP contribution in [0.3, 0.4) is 0 Å². The minimum Gasteiger partial charge on any atom is -0.253 e. The molecule has 0 amide bonds. The summed E-state index contributed by atoms with van der Waals surface area (Å²) in [5.74, 6) is 1.74. The van der Waals surface area contributed by atoms with E-state index in [1.165, 1.54) is 0 Å². The van der Waals surface area contributed by atoms with E-state index in [1.54, 1.807) is 6.20 Å². The second kappa shape index (κ2) is 14.3. The summed E-state index contributed by atoms with van der Waals surface area (Å²) in [6.07, 6.45) is 1.75. The minimum atomic E-state index is 0.536. The van der Waals surface area contributed by atoms with E-state index >= 15 is 0 Å². The molecule has 0 unspecified atom stereocenters. The van der Waals surface area contributed by atoms with Crippen LogP contribution in [0.2, 0.25) is 0 Å². The number of aromatic nitrogens is 6. The number of fused-ring (bicyclic) bond motifs is 3. The molecule has 0 radical (unpaired) electrons. The molecule has 0 bridgehead atoms. The largest absolute Gasteiger partial charge is 0.253 e. The lowest BCUT2D eigenvalue weighted by molar-refractivity contribution is 1.06. The molecule has 0 aliphatic carbocycles. The van der Waals surface area contributed by atoms with Crippen molar-refractivity contribution in [2.75, 3.05) is 0 Å². The van der Waals surface area contributed by atoms with Gasteiger partial charge in [-0.05, 0) is 46.5 Å². The zero-order valence-electron chi connectivity index (χ0n) is 30.2. The van der Waals surface area contributed by atoms with Gasteiger partial charge in [-0.3, -0.25) is 4.98 Å². The van der Waals surface area contributed by atoms with E-state index in [-0.39, 0.29) is 0 Å². The fourth-order valence-corrected chi connectivity index (χ4v) is 7.12. The highest BCUT2D eigenvalue weighted by Gasteiger charge is 2.15. The number of nitrogens with zero attached hydrogens (tertiary/aromatic N) is 6. The first kappa shape index (κ1) is 32.9. The quantitative estimate of drug-likeness (QED) is 0.153. The number of hydrogen-bond acceptors (Lipinski definition) is 6. The van der Waals surface area contributed by atoms with E-state index in [9.17, 15) is 0 Å². The van der Waals surface area contributed by atoms with Gasteiger partial charge in [-0.25, -0.2) is 24.9 Å². The molecule has 0 aliphatic rings. The maximum atomic E-state index is 5.26. The number of hydrogen-bond donors (Lipinski definition) is 0. The smallest absolute Gasteiger partial charge is 0.182 e. The molecule has 0 fully saturated rings. The van der Waals surface area contributed by atoms with Crippen molar-refractivity contribution in [3.05, 3.63) is 194 Å². The molecule has 4 heterocycles. The van der Waals surface area contributed by atoms with Crippen molar-refractivity contribution in [1.29, 1.82) is 0 Å². The first-order valence-electron chi connectivity index (χ1n) is 18.5. The monoisotopic (exact) mass is 716 g/mol. The summed E-state index contributed by atoms with van der Waals surface area (Å²) in [6.45, 7) is 0. The molecule has 0 atom stereocenters. The molecule has 0 aliphatic heterocycles. The van der Waals surface area contributed by atoms with Crippen molar-refractivity contribution in [2.24, 2.45) is 0 Å². The van der Waals surface area contributed by atoms with Crippen molar-refractivity contribution in [3.63, 3.8) is 0 Å². The Morgan fingerprint density at radius 3 is 1.43 bits per heavy atom. The summed E-state index contributed by atoms with van der Waals surface area (Å²) in [5.41, 5.74) is 12.7. The summed E-state index contributed by atoms with van der Waals surface area (Å²) < 4.78 is 0. The van der Waals surface area contributed by atoms with Crippen LogP contribution in [0.15, 0.2) is 194 Å². The number of rotatable bonds is 7. The fraction of sp³-hybridized carbons (Fsp3) is 0. The van der Waals surface area contributed by atoms with Crippen LogP contribution in [0.25, 0.3) is 101 Å². The molecule has 6 aromatic carbocycles. The molecule has 6 nitrogen and oxygen atoms in total. The molecule has 10 aromatic rings. The molecule has 262 valence electrons. The van der Waals surface area contributed by atoms with Crippen LogP contribution >= 0.6 is 0 Å². The molecule has 4 aromatic heterocycles. The van der Waals surface area contributed by atoms with E-state index < -0.39 is 0 Å². The maximum absolute atomic E-state index is 5.26. The molecule has 6 heteroatoms. The molecule has 56 heavy (non-hydrogen) atoms. The minimum absolute atomic E-state index is 0.536. The Labute approximate surface area is 324 Å². The van der Waals surface area contributed by atoms with Crippen molar-refractivity contribution in [3.8, 4) is 79.1 Å². The Morgan fingerprint density at radius 1 is 0.286 bits per heavy atom. The molecular weight excluding hydrogens is 685 g/mol. The summed E-state index contributed by atoms with van der Waals surface area (Å²) in [5, 5.41) is 2.13. The lowest BCUT2D eigenvalue weighted by Gasteiger charge is -2.13. The van der Waals surface area contributed by atoms with Crippen LogP contribution in [-0.4, -0.2) is 29.9 Å². The summed E-state index contributed by atoms with van der Waals surface area (Å²) in [7, 11) is 0. The Hall–Kier alpha value is -7.70. The average Bonchev–Trinajstić information content (AvgIpc) is 3.29. The van der Waals surface area contributed by atoms with Crippen LogP contribution in [-0.2, 0) is 0 Å². The highest BCUT2D eigenvalue weighted by Crippen LogP contribution is 2.36. The first-order valence-corrected chi connectivity index (χ1v) is 18.5. The van der Waals surface area contributed by atoms with Gasteiger partial charge in [-0.1, -0.05) is 164 Å². The van der Waals surface area contributed by atoms with Crippen molar-refractivity contribution in [1.82, 2.24) is 29.9 Å². The first-order chi connectivity index (χ1) is 27.7. The van der Waals surface area contributed by atoms with Gasteiger partial charge in [0.05, 0.1) is 22.4 Å². The van der Waals surface area contributed by atoms with Gasteiger partial charge in [0.25, 0.3) is 0 Å². The zero-order valence-corrected chi connectivity index (χ0v) is 30.2. The van der Waals surface area contributed by atoms with Gasteiger partial charge in [-0.15, -0.1) is 0 Å². The SMILES string of the molecule is c1ccc(-c2cc(-c3ccccc3)c3ccc4ccc(-c5ccc(-c6ccc(-c7nc(-c8ccccc8)nc(-c8ccccn8)n7)cc6)cc5)nc4c3n2)cc1. The van der Waals surface area contributed by atoms with E-state index in [1.807, 2.05) is 60.7 Å². The van der Waals surface area contributed by atoms with E-state index in [2.05, 4.69) is 132 Å². The maximum Gasteiger partial charge on any atom is 0.182 e. The highest BCUT2D eigenvalue weighted by molar-refractivity contribution is 6.09. The van der Waals surface area contributed by atoms with Crippen molar-refractivity contribution in [2.45, 2.75) is 0 Å². The van der Waals surface area contributed by atoms with Crippen LogP contribution in [0.1, 0.15) is 0 Å². The fourth-order valence-electron chi connectivity index (χ4n) is 7.12. The van der Waals surface area contributed by atoms with Gasteiger partial charge in [0.15, 0.2) is 17.5 Å². The van der Waals surface area contributed by atoms with Crippen LogP contribution in [0, 0.1) is 0 Å². The lowest BCUT2D eigenvalue weighted by atomic mass is 9.97. The average molecular weight is 717 g/mol. The van der Waals surface area contributed by atoms with Crippen LogP contribution < -0.4 is 0 Å². The normalized spacial score (nSPS) is 11.2. The molecular formula is C50H32N6. The van der Waals surface area contributed by atoms with Crippen LogP contribution in [0.4, 0.5) is 0 Å². The Bertz CT molecular complexity index is 2910. The van der Waals surface area contributed by atoms with Crippen LogP contribution in [0.5, 0.6) is 0 Å². The van der Waals surface area contributed by atoms with Gasteiger partial charge in [-0.2, -0.15) is 0 Å². The third-order valence-corrected chi connectivity index (χ3v) is 10.0. The number of pyridine rings is 3. The Morgan fingerprint density at radius 2 is 0.786 bits per heavy atom. The predicted octanol–water partition coefficient (Wildman–Crippen LogP) is 12.0.